The summed E-state index contributed by atoms with van der Waals surface area (Å²) in [7, 11) is 0. The van der Waals surface area contributed by atoms with Crippen LogP contribution in [0.4, 0.5) is 0 Å². The highest BCUT2D eigenvalue weighted by Crippen LogP contribution is 2.22. The lowest BCUT2D eigenvalue weighted by atomic mass is 10.0. The van der Waals surface area contributed by atoms with Gasteiger partial charge in [0.15, 0.2) is 0 Å². The molecule has 92 valence electrons. The largest absolute Gasteiger partial charge is 0.275 e. The fraction of sp³-hybridized carbons (Fsp3) is 0.0588. The van der Waals surface area contributed by atoms with Gasteiger partial charge in [0.2, 0.25) is 0 Å². The van der Waals surface area contributed by atoms with E-state index in [1.165, 1.54) is 26.8 Å². The fourth-order valence-electron chi connectivity index (χ4n) is 2.66. The van der Waals surface area contributed by atoms with Crippen molar-refractivity contribution < 1.29 is 0 Å². The molecular weight excluding hydrogens is 345 g/mol. The van der Waals surface area contributed by atoms with Gasteiger partial charge in [0.1, 0.15) is 0 Å². The minimum atomic E-state index is 0.0999. The Morgan fingerprint density at radius 1 is 0.842 bits per heavy atom. The van der Waals surface area contributed by atoms with Crippen LogP contribution in [0.15, 0.2) is 53.5 Å². The maximum Gasteiger partial charge on any atom is 0.0864 e. The van der Waals surface area contributed by atoms with Gasteiger partial charge in [0.25, 0.3) is 0 Å². The number of benzene rings is 3. The smallest absolute Gasteiger partial charge is 0.0864 e. The van der Waals surface area contributed by atoms with Crippen LogP contribution in [0.2, 0.25) is 0 Å². The minimum absolute atomic E-state index is 0.0999. The van der Waals surface area contributed by atoms with E-state index in [2.05, 4.69) is 58.6 Å². The highest BCUT2D eigenvalue weighted by molar-refractivity contribution is 14.2. The SMILES string of the molecule is C1=ICN=c2ccc3c(ccc4ccccc43)c2=C1. The van der Waals surface area contributed by atoms with Crippen LogP contribution < -0.4 is 10.6 Å². The summed E-state index contributed by atoms with van der Waals surface area (Å²) in [4.78, 5) is 4.70. The molecule has 0 amide bonds. The fourth-order valence-corrected chi connectivity index (χ4v) is 4.07. The van der Waals surface area contributed by atoms with E-state index in [0.29, 0.717) is 0 Å². The zero-order chi connectivity index (χ0) is 12.7. The molecular formula is C17H12IN. The highest BCUT2D eigenvalue weighted by Gasteiger charge is 2.02. The average molecular weight is 357 g/mol. The van der Waals surface area contributed by atoms with Crippen molar-refractivity contribution in [3.05, 3.63) is 59.1 Å². The molecule has 0 spiro atoms. The molecule has 0 radical (unpaired) electrons. The van der Waals surface area contributed by atoms with E-state index >= 15 is 0 Å². The molecule has 3 aromatic carbocycles. The van der Waals surface area contributed by atoms with Crippen molar-refractivity contribution in [1.82, 2.24) is 0 Å². The van der Waals surface area contributed by atoms with Crippen LogP contribution in [0, 0.1) is 0 Å². The molecule has 19 heavy (non-hydrogen) atoms. The first-order valence-electron chi connectivity index (χ1n) is 6.30. The summed E-state index contributed by atoms with van der Waals surface area (Å²) in [6, 6.07) is 17.4. The number of fused-ring (bicyclic) bond motifs is 5. The number of halogens is 1. The standard InChI is InChI=1S/C17H12IN/c1-2-4-13-12(3-1)5-6-15-14(13)7-8-17-16(15)9-10-18-11-19-17/h1-10H,11H2. The van der Waals surface area contributed by atoms with Gasteiger partial charge in [-0.25, -0.2) is 0 Å². The molecule has 0 aromatic heterocycles. The normalized spacial score (nSPS) is 14.1. The first-order chi connectivity index (χ1) is 9.43. The van der Waals surface area contributed by atoms with E-state index in [4.69, 9.17) is 4.99 Å². The lowest BCUT2D eigenvalue weighted by Gasteiger charge is -2.04. The summed E-state index contributed by atoms with van der Waals surface area (Å²) in [5.41, 5.74) is 0. The predicted octanol–water partition coefficient (Wildman–Crippen LogP) is 3.14. The minimum Gasteiger partial charge on any atom is -0.275 e. The molecule has 2 heteroatoms. The molecule has 0 saturated heterocycles. The van der Waals surface area contributed by atoms with E-state index in [1.807, 2.05) is 0 Å². The maximum atomic E-state index is 4.70. The zero-order valence-corrected chi connectivity index (χ0v) is 12.5. The Bertz CT molecular complexity index is 939. The maximum absolute atomic E-state index is 4.70. The Balaban J connectivity index is 2.29. The van der Waals surface area contributed by atoms with Gasteiger partial charge < -0.3 is 0 Å². The highest BCUT2D eigenvalue weighted by atomic mass is 127. The molecule has 3 aromatic rings. The van der Waals surface area contributed by atoms with Gasteiger partial charge in [-0.2, -0.15) is 0 Å². The second-order valence-corrected chi connectivity index (χ2v) is 6.89. The van der Waals surface area contributed by atoms with Crippen molar-refractivity contribution >= 4 is 52.4 Å². The van der Waals surface area contributed by atoms with Crippen molar-refractivity contribution in [2.75, 3.05) is 4.55 Å². The average Bonchev–Trinajstić information content (AvgIpc) is 2.72. The lowest BCUT2D eigenvalue weighted by Crippen LogP contribution is -2.25. The van der Waals surface area contributed by atoms with E-state index in [9.17, 15) is 0 Å². The molecule has 1 aliphatic heterocycles. The van der Waals surface area contributed by atoms with Crippen LogP contribution in [-0.2, 0) is 0 Å². The number of rotatable bonds is 0. The third-order valence-corrected chi connectivity index (χ3v) is 5.17. The Morgan fingerprint density at radius 2 is 1.74 bits per heavy atom. The van der Waals surface area contributed by atoms with Crippen LogP contribution in [0.3, 0.4) is 0 Å². The van der Waals surface area contributed by atoms with E-state index in [1.54, 1.807) is 0 Å². The molecule has 0 fully saturated rings. The van der Waals surface area contributed by atoms with Crippen LogP contribution in [0.5, 0.6) is 0 Å². The number of nitrogens with zero attached hydrogens (tertiary/aromatic N) is 1. The van der Waals surface area contributed by atoms with Gasteiger partial charge in [-0.3, -0.25) is 4.99 Å². The molecule has 1 heterocycles. The molecule has 4 rings (SSSR count). The third-order valence-electron chi connectivity index (χ3n) is 3.56. The van der Waals surface area contributed by atoms with Crippen molar-refractivity contribution in [3.63, 3.8) is 0 Å². The van der Waals surface area contributed by atoms with Crippen molar-refractivity contribution in [1.29, 1.82) is 0 Å². The number of alkyl halides is 1. The van der Waals surface area contributed by atoms with E-state index in [0.717, 1.165) is 9.91 Å². The van der Waals surface area contributed by atoms with Gasteiger partial charge in [0.05, 0.1) is 9.91 Å². The molecule has 0 unspecified atom stereocenters. The second-order valence-electron chi connectivity index (χ2n) is 4.60. The summed E-state index contributed by atoms with van der Waals surface area (Å²) < 4.78 is 3.34. The van der Waals surface area contributed by atoms with Crippen LogP contribution in [-0.4, -0.2) is 8.56 Å². The van der Waals surface area contributed by atoms with Gasteiger partial charge in [-0.05, 0) is 37.7 Å². The monoisotopic (exact) mass is 357 g/mol. The topological polar surface area (TPSA) is 12.4 Å². The van der Waals surface area contributed by atoms with Crippen molar-refractivity contribution in [3.8, 4) is 0 Å². The Kier molecular flexibility index (Phi) is 2.69. The summed E-state index contributed by atoms with van der Waals surface area (Å²) in [5.74, 6) is 0. The van der Waals surface area contributed by atoms with E-state index < -0.39 is 0 Å². The summed E-state index contributed by atoms with van der Waals surface area (Å²) in [6.45, 7) is 0. The van der Waals surface area contributed by atoms with Crippen molar-refractivity contribution in [2.24, 2.45) is 4.99 Å². The molecule has 1 aliphatic rings. The Morgan fingerprint density at radius 3 is 2.74 bits per heavy atom. The lowest BCUT2D eigenvalue weighted by molar-refractivity contribution is 1.24. The molecule has 0 bridgehead atoms. The molecule has 0 atom stereocenters. The Labute approximate surface area is 121 Å². The van der Waals surface area contributed by atoms with Crippen LogP contribution >= 0.6 is 20.7 Å². The summed E-state index contributed by atoms with van der Waals surface area (Å²) >= 11 is 0.0999. The first kappa shape index (κ1) is 11.3. The molecule has 0 saturated carbocycles. The summed E-state index contributed by atoms with van der Waals surface area (Å²) in [5, 5.41) is 7.72. The second kappa shape index (κ2) is 4.53. The Hall–Kier alpha value is -1.55. The quantitative estimate of drug-likeness (QED) is 0.254. The number of hydrogen-bond acceptors (Lipinski definition) is 1. The zero-order valence-electron chi connectivity index (χ0n) is 10.3. The van der Waals surface area contributed by atoms with Gasteiger partial charge in [-0.15, -0.1) is 0 Å². The van der Waals surface area contributed by atoms with Gasteiger partial charge >= 0.3 is 0 Å². The van der Waals surface area contributed by atoms with Crippen molar-refractivity contribution in [2.45, 2.75) is 0 Å². The molecule has 1 nitrogen and oxygen atoms in total. The molecule has 0 aliphatic carbocycles. The van der Waals surface area contributed by atoms with Gasteiger partial charge in [-0.1, -0.05) is 63.2 Å². The summed E-state index contributed by atoms with van der Waals surface area (Å²) in [6.07, 6.45) is 2.27. The van der Waals surface area contributed by atoms with Gasteiger partial charge in [0, 0.05) is 5.22 Å². The van der Waals surface area contributed by atoms with Crippen LogP contribution in [0.1, 0.15) is 0 Å². The third kappa shape index (κ3) is 1.82. The predicted molar refractivity (Wildman–Crippen MR) is 91.7 cm³/mol. The first-order valence-corrected chi connectivity index (χ1v) is 9.07. The number of hydrogen-bond donors (Lipinski definition) is 0. The molecule has 0 N–H and O–H groups in total. The van der Waals surface area contributed by atoms with E-state index in [-0.39, 0.29) is 20.7 Å². The van der Waals surface area contributed by atoms with Crippen LogP contribution in [0.25, 0.3) is 27.6 Å².